The smallest absolute Gasteiger partial charge is 0.338 e. The van der Waals surface area contributed by atoms with Gasteiger partial charge in [-0.2, -0.15) is 0 Å². The van der Waals surface area contributed by atoms with Gasteiger partial charge in [-0.25, -0.2) is 9.79 Å². The lowest BCUT2D eigenvalue weighted by molar-refractivity contribution is -0.139. The van der Waals surface area contributed by atoms with Crippen molar-refractivity contribution < 1.29 is 23.7 Å². The van der Waals surface area contributed by atoms with Crippen molar-refractivity contribution in [3.05, 3.63) is 130 Å². The van der Waals surface area contributed by atoms with Crippen LogP contribution < -0.4 is 29.1 Å². The van der Waals surface area contributed by atoms with Crippen LogP contribution in [0, 0.1) is 0 Å². The van der Waals surface area contributed by atoms with Crippen LogP contribution in [0.5, 0.6) is 17.2 Å². The molecule has 0 saturated heterocycles. The summed E-state index contributed by atoms with van der Waals surface area (Å²) in [6, 6.07) is 22.5. The molecule has 0 spiro atoms. The summed E-state index contributed by atoms with van der Waals surface area (Å²) in [5.74, 6) is 0.994. The van der Waals surface area contributed by atoms with Crippen molar-refractivity contribution in [1.29, 1.82) is 0 Å². The summed E-state index contributed by atoms with van der Waals surface area (Å²) in [5, 5.41) is 2.64. The van der Waals surface area contributed by atoms with Crippen molar-refractivity contribution in [2.45, 2.75) is 46.4 Å². The molecule has 2 heterocycles. The Bertz CT molecular complexity index is 2270. The molecule has 6 rings (SSSR count). The summed E-state index contributed by atoms with van der Waals surface area (Å²) in [7, 11) is 1.55. The Balaban J connectivity index is 1.39. The highest BCUT2D eigenvalue weighted by Gasteiger charge is 2.34. The van der Waals surface area contributed by atoms with Crippen LogP contribution in [0.2, 0.25) is 5.02 Å². The molecule has 49 heavy (non-hydrogen) atoms. The van der Waals surface area contributed by atoms with E-state index < -0.39 is 12.0 Å². The summed E-state index contributed by atoms with van der Waals surface area (Å²) < 4.78 is 25.8. The van der Waals surface area contributed by atoms with Crippen LogP contribution in [0.3, 0.4) is 0 Å². The zero-order valence-electron chi connectivity index (χ0n) is 27.6. The van der Waals surface area contributed by atoms with Gasteiger partial charge in [0.2, 0.25) is 0 Å². The third-order valence-electron chi connectivity index (χ3n) is 7.95. The van der Waals surface area contributed by atoms with Crippen LogP contribution in [0.25, 0.3) is 16.8 Å². The van der Waals surface area contributed by atoms with Crippen LogP contribution in [0.15, 0.2) is 98.3 Å². The summed E-state index contributed by atoms with van der Waals surface area (Å²) in [5.41, 5.74) is 2.81. The number of methoxy groups -OCH3 is 1. The quantitative estimate of drug-likeness (QED) is 0.135. The SMILES string of the molecule is CCOC(=O)C1=C(C)N=c2s/c(=C\c3cc(Cl)c(OCc4cccc5ccccc45)c(Br)c3)c(=O)n2[C@H]1c1ccc(OC(C)C)c(OC)c1. The molecule has 0 amide bonds. The average Bonchev–Trinajstić information content (AvgIpc) is 3.37. The van der Waals surface area contributed by atoms with Crippen molar-refractivity contribution in [1.82, 2.24) is 4.57 Å². The van der Waals surface area contributed by atoms with Crippen molar-refractivity contribution >= 4 is 61.7 Å². The molecule has 5 aromatic rings. The molecule has 1 aliphatic heterocycles. The molecule has 0 radical (unpaired) electrons. The van der Waals surface area contributed by atoms with Gasteiger partial charge < -0.3 is 18.9 Å². The Morgan fingerprint density at radius 1 is 1.08 bits per heavy atom. The molecular weight excluding hydrogens is 728 g/mol. The second-order valence-corrected chi connectivity index (χ2v) is 13.9. The lowest BCUT2D eigenvalue weighted by atomic mass is 9.95. The number of nitrogens with zero attached hydrogens (tertiary/aromatic N) is 2. The highest BCUT2D eigenvalue weighted by molar-refractivity contribution is 9.10. The van der Waals surface area contributed by atoms with Crippen LogP contribution in [-0.4, -0.2) is 30.4 Å². The molecule has 0 saturated carbocycles. The number of aromatic nitrogens is 1. The molecule has 11 heteroatoms. The maximum absolute atomic E-state index is 14.2. The molecule has 4 aromatic carbocycles. The zero-order chi connectivity index (χ0) is 34.8. The summed E-state index contributed by atoms with van der Waals surface area (Å²) >= 11 is 11.6. The molecular formula is C38H34BrClN2O6S. The minimum Gasteiger partial charge on any atom is -0.493 e. The molecule has 252 valence electrons. The number of benzene rings is 4. The Hall–Kier alpha value is -4.38. The fourth-order valence-corrected chi connectivity index (χ4v) is 7.87. The number of ether oxygens (including phenoxy) is 4. The van der Waals surface area contributed by atoms with Gasteiger partial charge >= 0.3 is 5.97 Å². The fourth-order valence-electron chi connectivity index (χ4n) is 5.83. The standard InChI is InChI=1S/C38H34BrClN2O6S/c1-6-46-37(44)33-22(4)41-38-42(34(33)25-14-15-30(48-21(2)3)31(19-25)45-5)36(43)32(49-38)18-23-16-28(39)35(29(40)17-23)47-20-26-12-9-11-24-10-7-8-13-27(24)26/h7-19,21,34H,6,20H2,1-5H3/b32-18-/t34-/m0/s1. The van der Waals surface area contributed by atoms with Crippen molar-refractivity contribution in [3.8, 4) is 17.2 Å². The first kappa shape index (κ1) is 34.5. The van der Waals surface area contributed by atoms with Crippen LogP contribution in [-0.2, 0) is 16.1 Å². The minimum absolute atomic E-state index is 0.0759. The van der Waals surface area contributed by atoms with Gasteiger partial charge in [-0.1, -0.05) is 71.5 Å². The van der Waals surface area contributed by atoms with Crippen LogP contribution in [0.1, 0.15) is 50.4 Å². The molecule has 8 nitrogen and oxygen atoms in total. The van der Waals surface area contributed by atoms with E-state index in [1.807, 2.05) is 50.2 Å². The van der Waals surface area contributed by atoms with Crippen molar-refractivity contribution in [3.63, 3.8) is 0 Å². The van der Waals surface area contributed by atoms with Gasteiger partial charge in [-0.05, 0) is 101 Å². The number of carbonyl (C=O) groups is 1. The predicted molar refractivity (Wildman–Crippen MR) is 197 cm³/mol. The first-order valence-electron chi connectivity index (χ1n) is 15.7. The number of thiazole rings is 1. The third kappa shape index (κ3) is 7.04. The molecule has 0 unspecified atom stereocenters. The number of hydrogen-bond acceptors (Lipinski definition) is 8. The third-order valence-corrected chi connectivity index (χ3v) is 9.81. The van der Waals surface area contributed by atoms with E-state index in [9.17, 15) is 9.59 Å². The zero-order valence-corrected chi connectivity index (χ0v) is 30.7. The van der Waals surface area contributed by atoms with Gasteiger partial charge in [0.05, 0.1) is 51.2 Å². The molecule has 1 aliphatic rings. The van der Waals surface area contributed by atoms with Crippen molar-refractivity contribution in [2.75, 3.05) is 13.7 Å². The van der Waals surface area contributed by atoms with E-state index in [1.54, 1.807) is 45.2 Å². The van der Waals surface area contributed by atoms with E-state index in [-0.39, 0.29) is 23.8 Å². The molecule has 1 atom stereocenters. The van der Waals surface area contributed by atoms with Gasteiger partial charge in [-0.3, -0.25) is 9.36 Å². The van der Waals surface area contributed by atoms with E-state index in [4.69, 9.17) is 30.5 Å². The maximum atomic E-state index is 14.2. The highest BCUT2D eigenvalue weighted by Crippen LogP contribution is 2.38. The number of halogens is 2. The van der Waals surface area contributed by atoms with Gasteiger partial charge in [0.15, 0.2) is 22.0 Å². The monoisotopic (exact) mass is 760 g/mol. The van der Waals surface area contributed by atoms with E-state index in [2.05, 4.69) is 39.1 Å². The van der Waals surface area contributed by atoms with Gasteiger partial charge in [0, 0.05) is 0 Å². The summed E-state index contributed by atoms with van der Waals surface area (Å²) in [6.07, 6.45) is 1.68. The van der Waals surface area contributed by atoms with Gasteiger partial charge in [0.25, 0.3) is 5.56 Å². The molecule has 0 bridgehead atoms. The number of rotatable bonds is 10. The van der Waals surface area contributed by atoms with E-state index >= 15 is 0 Å². The van der Waals surface area contributed by atoms with E-state index in [1.165, 1.54) is 15.9 Å². The van der Waals surface area contributed by atoms with E-state index in [0.717, 1.165) is 16.3 Å². The normalized spacial score (nSPS) is 14.5. The van der Waals surface area contributed by atoms with E-state index in [0.29, 0.717) is 59.5 Å². The highest BCUT2D eigenvalue weighted by atomic mass is 79.9. The number of esters is 1. The predicted octanol–water partition coefficient (Wildman–Crippen LogP) is 7.74. The number of carbonyl (C=O) groups excluding carboxylic acids is 1. The van der Waals surface area contributed by atoms with Crippen LogP contribution in [0.4, 0.5) is 0 Å². The molecule has 1 aromatic heterocycles. The molecule has 0 fully saturated rings. The number of allylic oxidation sites excluding steroid dienone is 1. The topological polar surface area (TPSA) is 88.4 Å². The Morgan fingerprint density at radius 3 is 2.59 bits per heavy atom. The summed E-state index contributed by atoms with van der Waals surface area (Å²) in [6.45, 7) is 7.84. The van der Waals surface area contributed by atoms with Crippen LogP contribution >= 0.6 is 38.9 Å². The first-order chi connectivity index (χ1) is 23.6. The summed E-state index contributed by atoms with van der Waals surface area (Å²) in [4.78, 5) is 32.7. The Morgan fingerprint density at radius 2 is 1.86 bits per heavy atom. The second kappa shape index (κ2) is 14.6. The fraction of sp³-hybridized carbons (Fsp3) is 0.237. The lowest BCUT2D eigenvalue weighted by Crippen LogP contribution is -2.40. The Kier molecular flexibility index (Phi) is 10.3. The average molecular weight is 762 g/mol. The minimum atomic E-state index is -0.806. The maximum Gasteiger partial charge on any atom is 0.338 e. The second-order valence-electron chi connectivity index (χ2n) is 11.6. The molecule has 0 N–H and O–H groups in total. The lowest BCUT2D eigenvalue weighted by Gasteiger charge is -2.25. The van der Waals surface area contributed by atoms with Gasteiger partial charge in [-0.15, -0.1) is 0 Å². The largest absolute Gasteiger partial charge is 0.493 e. The Labute approximate surface area is 301 Å². The van der Waals surface area contributed by atoms with Gasteiger partial charge in [0.1, 0.15) is 6.61 Å². The van der Waals surface area contributed by atoms with Crippen molar-refractivity contribution in [2.24, 2.45) is 4.99 Å². The molecule has 0 aliphatic carbocycles. The number of fused-ring (bicyclic) bond motifs is 2. The first-order valence-corrected chi connectivity index (χ1v) is 17.7. The number of hydrogen-bond donors (Lipinski definition) is 0.